The first-order chi connectivity index (χ1) is 10.1. The van der Waals surface area contributed by atoms with E-state index < -0.39 is 0 Å². The number of benzene rings is 1. The zero-order chi connectivity index (χ0) is 15.2. The highest BCUT2D eigenvalue weighted by Gasteiger charge is 2.22. The highest BCUT2D eigenvalue weighted by molar-refractivity contribution is 6.30. The maximum Gasteiger partial charge on any atom is 0.216 e. The highest BCUT2D eigenvalue weighted by atomic mass is 35.5. The average Bonchev–Trinajstić information content (AvgIpc) is 2.44. The molecule has 1 atom stereocenters. The van der Waals surface area contributed by atoms with Crippen LogP contribution in [0.15, 0.2) is 18.2 Å². The van der Waals surface area contributed by atoms with Gasteiger partial charge in [-0.25, -0.2) is 4.39 Å². The Bertz CT molecular complexity index is 495. The predicted octanol–water partition coefficient (Wildman–Crippen LogP) is 3.36. The van der Waals surface area contributed by atoms with E-state index in [4.69, 9.17) is 11.6 Å². The first kappa shape index (κ1) is 16.2. The molecule has 1 aromatic rings. The topological polar surface area (TPSA) is 32.3 Å². The lowest BCUT2D eigenvalue weighted by Gasteiger charge is -2.36. The van der Waals surface area contributed by atoms with E-state index >= 15 is 0 Å². The second kappa shape index (κ2) is 7.76. The van der Waals surface area contributed by atoms with Crippen LogP contribution in [0.2, 0.25) is 5.02 Å². The van der Waals surface area contributed by atoms with Crippen molar-refractivity contribution in [1.82, 2.24) is 10.2 Å². The number of hydrogen-bond donors (Lipinski definition) is 1. The standard InChI is InChI=1S/C16H22ClFN2O/c1-12(21)19-8-7-14-4-2-3-9-20(14)11-13-5-6-16(18)15(17)10-13/h5-6,10,14H,2-4,7-9,11H2,1H3,(H,19,21)/t14-/m0/s1. The van der Waals surface area contributed by atoms with Gasteiger partial charge in [-0.15, -0.1) is 0 Å². The fourth-order valence-corrected chi connectivity index (χ4v) is 3.09. The third-order valence-electron chi connectivity index (χ3n) is 3.97. The Morgan fingerprint density at radius 3 is 3.00 bits per heavy atom. The number of likely N-dealkylation sites (tertiary alicyclic amines) is 1. The maximum absolute atomic E-state index is 13.2. The largest absolute Gasteiger partial charge is 0.356 e. The van der Waals surface area contributed by atoms with Crippen molar-refractivity contribution in [3.8, 4) is 0 Å². The van der Waals surface area contributed by atoms with Crippen molar-refractivity contribution >= 4 is 17.5 Å². The summed E-state index contributed by atoms with van der Waals surface area (Å²) in [6.07, 6.45) is 4.51. The second-order valence-electron chi connectivity index (χ2n) is 5.64. The number of carbonyl (C=O) groups excluding carboxylic acids is 1. The van der Waals surface area contributed by atoms with Crippen LogP contribution >= 0.6 is 11.6 Å². The number of hydrogen-bond acceptors (Lipinski definition) is 2. The maximum atomic E-state index is 13.2. The Labute approximate surface area is 130 Å². The highest BCUT2D eigenvalue weighted by Crippen LogP contribution is 2.23. The minimum absolute atomic E-state index is 0.0164. The zero-order valence-corrected chi connectivity index (χ0v) is 13.1. The van der Waals surface area contributed by atoms with Gasteiger partial charge in [0, 0.05) is 26.1 Å². The van der Waals surface area contributed by atoms with Crippen molar-refractivity contribution in [2.24, 2.45) is 0 Å². The molecule has 5 heteroatoms. The average molecular weight is 313 g/mol. The molecule has 1 fully saturated rings. The third-order valence-corrected chi connectivity index (χ3v) is 4.26. The van der Waals surface area contributed by atoms with Crippen molar-refractivity contribution in [1.29, 1.82) is 0 Å². The Morgan fingerprint density at radius 1 is 1.48 bits per heavy atom. The number of amides is 1. The van der Waals surface area contributed by atoms with Gasteiger partial charge in [0.15, 0.2) is 0 Å². The van der Waals surface area contributed by atoms with Gasteiger partial charge in [0.05, 0.1) is 5.02 Å². The summed E-state index contributed by atoms with van der Waals surface area (Å²) >= 11 is 5.85. The van der Waals surface area contributed by atoms with Crippen LogP contribution in [0.1, 0.15) is 38.2 Å². The number of nitrogens with zero attached hydrogens (tertiary/aromatic N) is 1. The van der Waals surface area contributed by atoms with Gasteiger partial charge in [0.25, 0.3) is 0 Å². The summed E-state index contributed by atoms with van der Waals surface area (Å²) in [5, 5.41) is 3.04. The smallest absolute Gasteiger partial charge is 0.216 e. The van der Waals surface area contributed by atoms with Crippen LogP contribution in [-0.4, -0.2) is 29.9 Å². The SMILES string of the molecule is CC(=O)NCC[C@@H]1CCCCN1Cc1ccc(F)c(Cl)c1. The quantitative estimate of drug-likeness (QED) is 0.904. The van der Waals surface area contributed by atoms with E-state index in [-0.39, 0.29) is 16.7 Å². The molecule has 3 nitrogen and oxygen atoms in total. The molecule has 21 heavy (non-hydrogen) atoms. The lowest BCUT2D eigenvalue weighted by Crippen LogP contribution is -2.41. The lowest BCUT2D eigenvalue weighted by atomic mass is 9.98. The van der Waals surface area contributed by atoms with Gasteiger partial charge in [-0.3, -0.25) is 9.69 Å². The lowest BCUT2D eigenvalue weighted by molar-refractivity contribution is -0.119. The van der Waals surface area contributed by atoms with Crippen molar-refractivity contribution < 1.29 is 9.18 Å². The Kier molecular flexibility index (Phi) is 6.00. The van der Waals surface area contributed by atoms with Gasteiger partial charge in [-0.2, -0.15) is 0 Å². The van der Waals surface area contributed by atoms with Gasteiger partial charge < -0.3 is 5.32 Å². The van der Waals surface area contributed by atoms with E-state index in [1.54, 1.807) is 19.1 Å². The fraction of sp³-hybridized carbons (Fsp3) is 0.562. The summed E-state index contributed by atoms with van der Waals surface area (Å²) in [6.45, 7) is 4.07. The predicted molar refractivity (Wildman–Crippen MR) is 82.8 cm³/mol. The number of halogens is 2. The van der Waals surface area contributed by atoms with Crippen LogP contribution in [0.4, 0.5) is 4.39 Å². The Hall–Kier alpha value is -1.13. The Morgan fingerprint density at radius 2 is 2.29 bits per heavy atom. The van der Waals surface area contributed by atoms with Crippen LogP contribution < -0.4 is 5.32 Å². The summed E-state index contributed by atoms with van der Waals surface area (Å²) in [5.41, 5.74) is 1.04. The second-order valence-corrected chi connectivity index (χ2v) is 6.05. The van der Waals surface area contributed by atoms with Gasteiger partial charge in [0.2, 0.25) is 5.91 Å². The summed E-state index contributed by atoms with van der Waals surface area (Å²) < 4.78 is 13.2. The molecule has 2 rings (SSSR count). The number of nitrogens with one attached hydrogen (secondary N) is 1. The molecule has 1 heterocycles. The minimum atomic E-state index is -0.374. The zero-order valence-electron chi connectivity index (χ0n) is 12.4. The molecule has 0 spiro atoms. The molecule has 0 bridgehead atoms. The summed E-state index contributed by atoms with van der Waals surface area (Å²) in [5.74, 6) is -0.357. The van der Waals surface area contributed by atoms with Gasteiger partial charge in [-0.05, 0) is 43.5 Å². The number of piperidine rings is 1. The van der Waals surface area contributed by atoms with Crippen LogP contribution in [0.5, 0.6) is 0 Å². The van der Waals surface area contributed by atoms with Crippen molar-refractivity contribution in [3.05, 3.63) is 34.6 Å². The number of carbonyl (C=O) groups is 1. The molecule has 1 N–H and O–H groups in total. The van der Waals surface area contributed by atoms with E-state index in [1.807, 2.05) is 0 Å². The molecule has 0 unspecified atom stereocenters. The molecule has 0 saturated carbocycles. The fourth-order valence-electron chi connectivity index (χ4n) is 2.88. The molecule has 1 aliphatic rings. The van der Waals surface area contributed by atoms with E-state index in [9.17, 15) is 9.18 Å². The van der Waals surface area contributed by atoms with E-state index in [2.05, 4.69) is 10.2 Å². The van der Waals surface area contributed by atoms with Crippen LogP contribution in [0.3, 0.4) is 0 Å². The molecule has 0 aromatic heterocycles. The van der Waals surface area contributed by atoms with Crippen LogP contribution in [0.25, 0.3) is 0 Å². The normalized spacial score (nSPS) is 19.5. The molecule has 1 aliphatic heterocycles. The molecule has 0 radical (unpaired) electrons. The van der Waals surface area contributed by atoms with Crippen molar-refractivity contribution in [3.63, 3.8) is 0 Å². The monoisotopic (exact) mass is 312 g/mol. The summed E-state index contributed by atoms with van der Waals surface area (Å²) in [7, 11) is 0. The summed E-state index contributed by atoms with van der Waals surface area (Å²) in [4.78, 5) is 13.4. The summed E-state index contributed by atoms with van der Waals surface area (Å²) in [6, 6.07) is 5.39. The first-order valence-electron chi connectivity index (χ1n) is 7.48. The van der Waals surface area contributed by atoms with Crippen LogP contribution in [0, 0.1) is 5.82 Å². The third kappa shape index (κ3) is 4.97. The van der Waals surface area contributed by atoms with Crippen LogP contribution in [-0.2, 0) is 11.3 Å². The van der Waals surface area contributed by atoms with Gasteiger partial charge in [0.1, 0.15) is 5.82 Å². The molecule has 0 aliphatic carbocycles. The van der Waals surface area contributed by atoms with E-state index in [0.717, 1.165) is 31.5 Å². The van der Waals surface area contributed by atoms with Crippen molar-refractivity contribution in [2.75, 3.05) is 13.1 Å². The minimum Gasteiger partial charge on any atom is -0.356 e. The Balaban J connectivity index is 1.94. The van der Waals surface area contributed by atoms with E-state index in [1.165, 1.54) is 18.9 Å². The number of rotatable bonds is 5. The van der Waals surface area contributed by atoms with E-state index in [0.29, 0.717) is 12.6 Å². The molecular formula is C16H22ClFN2O. The van der Waals surface area contributed by atoms with Crippen molar-refractivity contribution in [2.45, 2.75) is 45.2 Å². The molecule has 1 saturated heterocycles. The first-order valence-corrected chi connectivity index (χ1v) is 7.86. The molecule has 116 valence electrons. The molecule has 1 amide bonds. The molecular weight excluding hydrogens is 291 g/mol. The molecule has 1 aromatic carbocycles. The van der Waals surface area contributed by atoms with Gasteiger partial charge in [-0.1, -0.05) is 24.1 Å². The van der Waals surface area contributed by atoms with Gasteiger partial charge >= 0.3 is 0 Å².